The molecule has 0 radical (unpaired) electrons. The molecule has 1 atom stereocenters. The highest BCUT2D eigenvalue weighted by molar-refractivity contribution is 6.07. The Balaban J connectivity index is 1.86. The fourth-order valence-corrected chi connectivity index (χ4v) is 4.79. The number of hydrogen-bond donors (Lipinski definition) is 0. The molecule has 0 saturated heterocycles. The average molecular weight is 304 g/mol. The van der Waals surface area contributed by atoms with E-state index in [2.05, 4.69) is 78.9 Å². The van der Waals surface area contributed by atoms with Gasteiger partial charge in [0.2, 0.25) is 0 Å². The van der Waals surface area contributed by atoms with E-state index in [1.165, 1.54) is 49.8 Å². The Labute approximate surface area is 141 Å². The van der Waals surface area contributed by atoms with Crippen LogP contribution >= 0.6 is 0 Å². The summed E-state index contributed by atoms with van der Waals surface area (Å²) in [6, 6.07) is 11.2. The highest BCUT2D eigenvalue weighted by Gasteiger charge is 2.36. The van der Waals surface area contributed by atoms with Crippen molar-refractivity contribution in [2.75, 3.05) is 0 Å². The molecular weight excluding hydrogens is 288 g/mol. The van der Waals surface area contributed by atoms with Gasteiger partial charge in [-0.3, -0.25) is 0 Å². The molecule has 0 heteroatoms. The molecule has 0 bridgehead atoms. The van der Waals surface area contributed by atoms with Gasteiger partial charge in [-0.15, -0.1) is 0 Å². The molecule has 0 N–H and O–H groups in total. The summed E-state index contributed by atoms with van der Waals surface area (Å²) in [5.74, 6) is 0.410. The predicted octanol–water partition coefficient (Wildman–Crippen LogP) is 6.09. The molecule has 0 heterocycles. The average Bonchev–Trinajstić information content (AvgIpc) is 2.64. The second-order valence-electron chi connectivity index (χ2n) is 6.92. The Morgan fingerprint density at radius 2 is 1.79 bits per heavy atom. The van der Waals surface area contributed by atoms with E-state index in [1.807, 2.05) is 0 Å². The first kappa shape index (κ1) is 12.5. The Hall–Kier alpha value is -2.86. The normalized spacial score (nSPS) is 22.2. The van der Waals surface area contributed by atoms with Crippen molar-refractivity contribution in [3.63, 3.8) is 0 Å². The van der Waals surface area contributed by atoms with Crippen LogP contribution in [-0.4, -0.2) is 0 Å². The molecular formula is C24H16. The molecule has 2 aromatic carbocycles. The van der Waals surface area contributed by atoms with Gasteiger partial charge in [0, 0.05) is 5.92 Å². The van der Waals surface area contributed by atoms with E-state index in [-0.39, 0.29) is 0 Å². The summed E-state index contributed by atoms with van der Waals surface area (Å²) in [7, 11) is 0. The molecule has 0 amide bonds. The van der Waals surface area contributed by atoms with E-state index in [0.29, 0.717) is 5.92 Å². The lowest BCUT2D eigenvalue weighted by Gasteiger charge is -2.38. The maximum absolute atomic E-state index is 2.35. The van der Waals surface area contributed by atoms with Gasteiger partial charge in [0.25, 0.3) is 0 Å². The van der Waals surface area contributed by atoms with Gasteiger partial charge < -0.3 is 0 Å². The van der Waals surface area contributed by atoms with Gasteiger partial charge in [-0.2, -0.15) is 0 Å². The van der Waals surface area contributed by atoms with Crippen LogP contribution < -0.4 is 0 Å². The summed E-state index contributed by atoms with van der Waals surface area (Å²) in [5, 5.41) is 2.73. The SMILES string of the molecule is C1=CC2=CC=CC3=C4CC=Cc5cc6ccccc6c(c54)C(=C1)C23. The fourth-order valence-electron chi connectivity index (χ4n) is 4.79. The summed E-state index contributed by atoms with van der Waals surface area (Å²) in [5.41, 5.74) is 10.2. The monoisotopic (exact) mass is 304 g/mol. The van der Waals surface area contributed by atoms with Crippen molar-refractivity contribution in [1.82, 2.24) is 0 Å². The maximum Gasteiger partial charge on any atom is 0.0349 e. The molecule has 2 aromatic rings. The van der Waals surface area contributed by atoms with Crippen LogP contribution in [0.1, 0.15) is 23.1 Å². The van der Waals surface area contributed by atoms with Crippen molar-refractivity contribution in [3.8, 4) is 0 Å². The fraction of sp³-hybridized carbons (Fsp3) is 0.0833. The first-order chi connectivity index (χ1) is 11.9. The number of fused-ring (bicyclic) bond motifs is 3. The highest BCUT2D eigenvalue weighted by atomic mass is 14.4. The van der Waals surface area contributed by atoms with Gasteiger partial charge in [-0.25, -0.2) is 0 Å². The van der Waals surface area contributed by atoms with E-state index >= 15 is 0 Å². The van der Waals surface area contributed by atoms with Gasteiger partial charge in [-0.05, 0) is 62.2 Å². The smallest absolute Gasteiger partial charge is 0.0349 e. The Kier molecular flexibility index (Phi) is 2.28. The first-order valence-electron chi connectivity index (χ1n) is 8.64. The minimum atomic E-state index is 0.410. The molecule has 0 saturated carbocycles. The third kappa shape index (κ3) is 1.44. The number of benzene rings is 2. The van der Waals surface area contributed by atoms with Crippen LogP contribution in [0.25, 0.3) is 28.0 Å². The highest BCUT2D eigenvalue weighted by Crippen LogP contribution is 2.53. The maximum atomic E-state index is 2.35. The minimum Gasteiger partial charge on any atom is -0.0795 e. The van der Waals surface area contributed by atoms with Crippen molar-refractivity contribution >= 4 is 28.0 Å². The molecule has 24 heavy (non-hydrogen) atoms. The summed E-state index contributed by atoms with van der Waals surface area (Å²) < 4.78 is 0. The van der Waals surface area contributed by atoms with Gasteiger partial charge in [-0.1, -0.05) is 72.9 Å². The van der Waals surface area contributed by atoms with E-state index in [1.54, 1.807) is 0 Å². The Bertz CT molecular complexity index is 1110. The lowest BCUT2D eigenvalue weighted by Crippen LogP contribution is -2.21. The Morgan fingerprint density at radius 1 is 0.875 bits per heavy atom. The second kappa shape index (κ2) is 4.36. The lowest BCUT2D eigenvalue weighted by molar-refractivity contribution is 0.938. The number of hydrogen-bond acceptors (Lipinski definition) is 0. The minimum absolute atomic E-state index is 0.410. The van der Waals surface area contributed by atoms with Crippen LogP contribution in [0.4, 0.5) is 0 Å². The van der Waals surface area contributed by atoms with E-state index < -0.39 is 0 Å². The molecule has 0 spiro atoms. The topological polar surface area (TPSA) is 0 Å². The molecule has 4 aliphatic rings. The summed E-state index contributed by atoms with van der Waals surface area (Å²) >= 11 is 0. The van der Waals surface area contributed by atoms with Crippen molar-refractivity contribution < 1.29 is 0 Å². The zero-order chi connectivity index (χ0) is 15.7. The Morgan fingerprint density at radius 3 is 2.79 bits per heavy atom. The number of allylic oxidation sites excluding steroid dienone is 11. The van der Waals surface area contributed by atoms with Gasteiger partial charge in [0.1, 0.15) is 0 Å². The standard InChI is InChI=1S/C24H16/c1-2-10-18-16(6-1)14-17-9-5-12-20-19-11-3-7-15-8-4-13-21(22(15)19)24(18)23(17)20/h1-11,13-14,22H,12H2. The summed E-state index contributed by atoms with van der Waals surface area (Å²) in [4.78, 5) is 0. The molecule has 0 fully saturated rings. The van der Waals surface area contributed by atoms with E-state index in [9.17, 15) is 0 Å². The molecule has 4 aliphatic carbocycles. The van der Waals surface area contributed by atoms with Crippen molar-refractivity contribution in [2.24, 2.45) is 5.92 Å². The predicted molar refractivity (Wildman–Crippen MR) is 102 cm³/mol. The van der Waals surface area contributed by atoms with Crippen LogP contribution in [0.2, 0.25) is 0 Å². The summed E-state index contributed by atoms with van der Waals surface area (Å²) in [6.07, 6.45) is 19.3. The van der Waals surface area contributed by atoms with Crippen molar-refractivity contribution in [3.05, 3.63) is 101 Å². The van der Waals surface area contributed by atoms with Crippen LogP contribution in [0.5, 0.6) is 0 Å². The quantitative estimate of drug-likeness (QED) is 0.552. The largest absolute Gasteiger partial charge is 0.0795 e. The van der Waals surface area contributed by atoms with Gasteiger partial charge in [0.05, 0.1) is 0 Å². The van der Waals surface area contributed by atoms with Crippen LogP contribution in [-0.2, 0) is 0 Å². The summed E-state index contributed by atoms with van der Waals surface area (Å²) in [6.45, 7) is 0. The van der Waals surface area contributed by atoms with Gasteiger partial charge in [0.15, 0.2) is 0 Å². The molecule has 0 aliphatic heterocycles. The lowest BCUT2D eigenvalue weighted by atomic mass is 9.65. The third-order valence-electron chi connectivity index (χ3n) is 5.72. The van der Waals surface area contributed by atoms with Crippen LogP contribution in [0.3, 0.4) is 0 Å². The van der Waals surface area contributed by atoms with Crippen LogP contribution in [0.15, 0.2) is 84.0 Å². The van der Waals surface area contributed by atoms with Crippen LogP contribution in [0, 0.1) is 5.92 Å². The first-order valence-corrected chi connectivity index (χ1v) is 8.64. The van der Waals surface area contributed by atoms with E-state index in [4.69, 9.17) is 0 Å². The van der Waals surface area contributed by atoms with Crippen molar-refractivity contribution in [1.29, 1.82) is 0 Å². The molecule has 112 valence electrons. The molecule has 1 unspecified atom stereocenters. The second-order valence-corrected chi connectivity index (χ2v) is 6.92. The zero-order valence-corrected chi connectivity index (χ0v) is 13.3. The zero-order valence-electron chi connectivity index (χ0n) is 13.3. The molecule has 0 aromatic heterocycles. The van der Waals surface area contributed by atoms with Crippen molar-refractivity contribution in [2.45, 2.75) is 6.42 Å². The molecule has 6 rings (SSSR count). The molecule has 0 nitrogen and oxygen atoms in total. The number of rotatable bonds is 0. The van der Waals surface area contributed by atoms with Gasteiger partial charge >= 0.3 is 0 Å². The third-order valence-corrected chi connectivity index (χ3v) is 5.72. The van der Waals surface area contributed by atoms with E-state index in [0.717, 1.165) is 6.42 Å².